The number of aromatic nitrogens is 3. The number of unbranched alkanes of at least 4 members (excludes halogenated alkanes) is 1. The van der Waals surface area contributed by atoms with E-state index in [0.717, 1.165) is 22.9 Å². The minimum atomic E-state index is -1.61. The summed E-state index contributed by atoms with van der Waals surface area (Å²) in [5.41, 5.74) is 14.1. The van der Waals surface area contributed by atoms with E-state index < -0.39 is 89.9 Å². The first-order chi connectivity index (χ1) is 33.5. The molecule has 3 heterocycles. The monoisotopic (exact) mass is 969 g/mol. The summed E-state index contributed by atoms with van der Waals surface area (Å²) in [6.45, 7) is 5.09. The van der Waals surface area contributed by atoms with E-state index in [2.05, 4.69) is 52.2 Å². The van der Waals surface area contributed by atoms with E-state index in [1.165, 1.54) is 25.1 Å². The molecule has 4 aromatic rings. The molecule has 22 heteroatoms. The molecule has 0 radical (unpaired) electrons. The van der Waals surface area contributed by atoms with Crippen molar-refractivity contribution in [3.63, 3.8) is 0 Å². The molecule has 1 aliphatic rings. The van der Waals surface area contributed by atoms with Crippen molar-refractivity contribution in [3.8, 4) is 0 Å². The number of aliphatic hydroxyl groups excluding tert-OH is 1. The van der Waals surface area contributed by atoms with E-state index in [0.29, 0.717) is 30.5 Å². The molecule has 1 aliphatic heterocycles. The van der Waals surface area contributed by atoms with Gasteiger partial charge in [-0.1, -0.05) is 68.3 Å². The predicted molar refractivity (Wildman–Crippen MR) is 261 cm³/mol. The van der Waals surface area contributed by atoms with Crippen molar-refractivity contribution in [2.24, 2.45) is 11.5 Å². The number of amides is 7. The fourth-order valence-corrected chi connectivity index (χ4v) is 8.45. The van der Waals surface area contributed by atoms with Crippen LogP contribution in [-0.4, -0.2) is 134 Å². The van der Waals surface area contributed by atoms with Gasteiger partial charge in [-0.05, 0) is 62.6 Å². The van der Waals surface area contributed by atoms with Gasteiger partial charge in [-0.25, -0.2) is 4.98 Å². The van der Waals surface area contributed by atoms with Crippen molar-refractivity contribution in [3.05, 3.63) is 90.1 Å². The van der Waals surface area contributed by atoms with Crippen molar-refractivity contribution in [1.29, 1.82) is 5.41 Å². The summed E-state index contributed by atoms with van der Waals surface area (Å²) in [4.78, 5) is 106. The highest BCUT2D eigenvalue weighted by molar-refractivity contribution is 5.96. The fraction of sp³-hybridized carbons (Fsp3) is 0.479. The third-order valence-electron chi connectivity index (χ3n) is 12.2. The largest absolute Gasteiger partial charge is 0.376 e. The number of nitrogens with one attached hydrogen (secondary N) is 10. The van der Waals surface area contributed by atoms with Crippen LogP contribution in [0.25, 0.3) is 10.9 Å². The number of aliphatic hydroxyl groups is 1. The Morgan fingerprint density at radius 3 is 2.23 bits per heavy atom. The average molecular weight is 969 g/mol. The summed E-state index contributed by atoms with van der Waals surface area (Å²) in [5.74, 6) is -4.46. The van der Waals surface area contributed by atoms with E-state index in [1.807, 2.05) is 31.2 Å². The van der Waals surface area contributed by atoms with Crippen LogP contribution in [-0.2, 0) is 52.8 Å². The number of para-hydroxylation sites is 1. The Bertz CT molecular complexity index is 2400. The minimum Gasteiger partial charge on any atom is -0.376 e. The maximum absolute atomic E-state index is 14.6. The number of rotatable bonds is 27. The first kappa shape index (κ1) is 53.6. The van der Waals surface area contributed by atoms with Gasteiger partial charge in [0.15, 0.2) is 5.96 Å². The van der Waals surface area contributed by atoms with Gasteiger partial charge in [0.1, 0.15) is 36.4 Å². The van der Waals surface area contributed by atoms with Gasteiger partial charge in [0.2, 0.25) is 41.4 Å². The van der Waals surface area contributed by atoms with Gasteiger partial charge in [-0.2, -0.15) is 0 Å². The van der Waals surface area contributed by atoms with Crippen molar-refractivity contribution in [2.45, 2.75) is 134 Å². The molecule has 2 aromatic heterocycles. The molecule has 0 bridgehead atoms. The second-order valence-electron chi connectivity index (χ2n) is 17.6. The number of benzene rings is 2. The summed E-state index contributed by atoms with van der Waals surface area (Å²) >= 11 is 0. The molecule has 1 unspecified atom stereocenters. The molecule has 0 saturated carbocycles. The molecule has 0 spiro atoms. The standard InChI is InChI=1S/C48H68N14O8/c1-4-5-16-35(57-29(3)63)43(66)56-28(2)42(65)60-39(24-32-26-52-27-55-32)45(68)61-38(22-30-13-7-6-8-14-30)44(67)58-36(18-11-20-53-48(50)51)47(70)62-21-12-19-40(62)46(69)59-37(41(49)64)23-31-25-54-34-17-10-9-15-33(31)34/h6-10,13-15,17,25-28,35-40,45,54,61,68H,4-5,11-12,16,18-24H2,1-3H3,(H2,49,64)(H,52,55)(H,56,66)(H,57,63)(H,58,67)(H,59,69)(H,60,65)(H4,50,51,53)/t28-,35-,36-,37-,38+,39-,40-,45?/m0/s1. The molecule has 70 heavy (non-hydrogen) atoms. The van der Waals surface area contributed by atoms with Crippen LogP contribution in [0.1, 0.15) is 82.5 Å². The lowest BCUT2D eigenvalue weighted by atomic mass is 10.0. The lowest BCUT2D eigenvalue weighted by molar-refractivity contribution is -0.142. The minimum absolute atomic E-state index is 0.0180. The molecule has 22 nitrogen and oxygen atoms in total. The third kappa shape index (κ3) is 15.9. The van der Waals surface area contributed by atoms with Gasteiger partial charge in [0.25, 0.3) is 0 Å². The van der Waals surface area contributed by atoms with Gasteiger partial charge < -0.3 is 63.3 Å². The maximum atomic E-state index is 14.6. The molecular weight excluding hydrogens is 901 g/mol. The molecule has 15 N–H and O–H groups in total. The topological polar surface area (TPSA) is 348 Å². The van der Waals surface area contributed by atoms with Crippen LogP contribution in [0.15, 0.2) is 73.3 Å². The van der Waals surface area contributed by atoms with Crippen LogP contribution in [0, 0.1) is 5.41 Å². The molecule has 1 fully saturated rings. The Morgan fingerprint density at radius 2 is 1.54 bits per heavy atom. The van der Waals surface area contributed by atoms with Crippen LogP contribution >= 0.6 is 0 Å². The van der Waals surface area contributed by atoms with Crippen molar-refractivity contribution >= 4 is 58.2 Å². The smallest absolute Gasteiger partial charge is 0.245 e. The molecule has 8 atom stereocenters. The number of carbonyl (C=O) groups is 7. The Balaban J connectivity index is 1.35. The van der Waals surface area contributed by atoms with E-state index >= 15 is 0 Å². The zero-order valence-corrected chi connectivity index (χ0v) is 39.9. The second-order valence-corrected chi connectivity index (χ2v) is 17.6. The lowest BCUT2D eigenvalue weighted by Crippen LogP contribution is -2.61. The molecule has 5 rings (SSSR count). The fourth-order valence-electron chi connectivity index (χ4n) is 8.45. The van der Waals surface area contributed by atoms with Crippen molar-refractivity contribution in [2.75, 3.05) is 13.1 Å². The summed E-state index contributed by atoms with van der Waals surface area (Å²) < 4.78 is 0. The molecule has 2 aromatic carbocycles. The molecule has 1 saturated heterocycles. The van der Waals surface area contributed by atoms with Gasteiger partial charge in [0, 0.05) is 56.2 Å². The summed E-state index contributed by atoms with van der Waals surface area (Å²) in [5, 5.41) is 39.8. The van der Waals surface area contributed by atoms with Crippen LogP contribution in [0.4, 0.5) is 0 Å². The Kier molecular flexibility index (Phi) is 20.2. The van der Waals surface area contributed by atoms with Gasteiger partial charge in [0.05, 0.1) is 24.1 Å². The summed E-state index contributed by atoms with van der Waals surface area (Å²) in [6.07, 6.45) is 6.16. The van der Waals surface area contributed by atoms with Gasteiger partial charge in [-0.15, -0.1) is 0 Å². The summed E-state index contributed by atoms with van der Waals surface area (Å²) in [7, 11) is 0. The van der Waals surface area contributed by atoms with Crippen LogP contribution in [0.5, 0.6) is 0 Å². The highest BCUT2D eigenvalue weighted by atomic mass is 16.3. The molecule has 378 valence electrons. The van der Waals surface area contributed by atoms with Gasteiger partial charge >= 0.3 is 0 Å². The predicted octanol–water partition coefficient (Wildman–Crippen LogP) is -0.411. The number of nitrogens with zero attached hydrogens (tertiary/aromatic N) is 2. The van der Waals surface area contributed by atoms with E-state index in [-0.39, 0.29) is 57.6 Å². The number of nitrogens with two attached hydrogens (primary N) is 2. The lowest BCUT2D eigenvalue weighted by Gasteiger charge is -2.32. The Morgan fingerprint density at radius 1 is 0.829 bits per heavy atom. The van der Waals surface area contributed by atoms with Crippen molar-refractivity contribution < 1.29 is 38.7 Å². The van der Waals surface area contributed by atoms with Gasteiger partial charge in [-0.3, -0.25) is 44.3 Å². The highest BCUT2D eigenvalue weighted by Gasteiger charge is 2.40. The van der Waals surface area contributed by atoms with E-state index in [1.54, 1.807) is 42.7 Å². The number of likely N-dealkylation sites (tertiary alicyclic amines) is 1. The number of fused-ring (bicyclic) bond motifs is 1. The molecular formula is C48H68N14O8. The van der Waals surface area contributed by atoms with Crippen LogP contribution in [0.3, 0.4) is 0 Å². The zero-order chi connectivity index (χ0) is 50.7. The number of H-pyrrole nitrogens is 2. The maximum Gasteiger partial charge on any atom is 0.245 e. The SMILES string of the molecule is CCCC[C@H](NC(C)=O)C(=O)N[C@@H](C)C(=O)N[C@@H](Cc1c[nH]cn1)C(O)N[C@H](Cc1ccccc1)C(=O)N[C@@H](CCCNC(=N)N)C(=O)N1CCC[C@H]1C(=O)N[C@@H](Cc1c[nH]c2ccccc12)C(N)=O. The number of carbonyl (C=O) groups excluding carboxylic acids is 7. The number of guanidine groups is 1. The van der Waals surface area contributed by atoms with Crippen molar-refractivity contribution in [1.82, 2.24) is 57.1 Å². The Labute approximate surface area is 406 Å². The van der Waals surface area contributed by atoms with Crippen LogP contribution in [0.2, 0.25) is 0 Å². The number of aromatic amines is 2. The van der Waals surface area contributed by atoms with E-state index in [4.69, 9.17) is 16.9 Å². The second kappa shape index (κ2) is 26.4. The normalized spacial score (nSPS) is 16.4. The number of imidazole rings is 1. The average Bonchev–Trinajstić information content (AvgIpc) is 4.13. The first-order valence-corrected chi connectivity index (χ1v) is 23.7. The highest BCUT2D eigenvalue weighted by Crippen LogP contribution is 2.22. The Hall–Kier alpha value is -7.33. The molecule has 0 aliphatic carbocycles. The summed E-state index contributed by atoms with van der Waals surface area (Å²) in [6, 6.07) is 8.89. The first-order valence-electron chi connectivity index (χ1n) is 23.7. The van der Waals surface area contributed by atoms with Crippen LogP contribution < -0.4 is 48.7 Å². The number of primary amides is 1. The zero-order valence-electron chi connectivity index (χ0n) is 39.9. The van der Waals surface area contributed by atoms with E-state index in [9.17, 15) is 38.7 Å². The number of hydrogen-bond donors (Lipinski definition) is 13. The quantitative estimate of drug-likeness (QED) is 0.0157. The number of hydrogen-bond acceptors (Lipinski definition) is 11. The third-order valence-corrected chi connectivity index (χ3v) is 12.2. The molecule has 7 amide bonds.